The SMILES string of the molecule is COc1ccc(-c2cc(N(C)Cc3noc4c3COCC4)n[nH]2)cc1. The third-order valence-corrected chi connectivity index (χ3v) is 4.41. The first-order chi connectivity index (χ1) is 12.2. The summed E-state index contributed by atoms with van der Waals surface area (Å²) >= 11 is 0. The number of H-pyrrole nitrogens is 1. The third-order valence-electron chi connectivity index (χ3n) is 4.41. The topological polar surface area (TPSA) is 76.4 Å². The molecule has 0 saturated carbocycles. The van der Waals surface area contributed by atoms with E-state index in [0.29, 0.717) is 19.8 Å². The molecule has 0 bridgehead atoms. The number of benzene rings is 1. The van der Waals surface area contributed by atoms with E-state index < -0.39 is 0 Å². The number of anilines is 1. The average Bonchev–Trinajstić information content (AvgIpc) is 3.30. The largest absolute Gasteiger partial charge is 0.497 e. The summed E-state index contributed by atoms with van der Waals surface area (Å²) < 4.78 is 16.1. The van der Waals surface area contributed by atoms with Crippen LogP contribution >= 0.6 is 0 Å². The van der Waals surface area contributed by atoms with Crippen LogP contribution in [0.15, 0.2) is 34.9 Å². The minimum Gasteiger partial charge on any atom is -0.497 e. The second-order valence-corrected chi connectivity index (χ2v) is 6.06. The summed E-state index contributed by atoms with van der Waals surface area (Å²) in [5.41, 5.74) is 3.99. The van der Waals surface area contributed by atoms with Gasteiger partial charge in [-0.1, -0.05) is 5.16 Å². The van der Waals surface area contributed by atoms with Gasteiger partial charge >= 0.3 is 0 Å². The number of nitrogens with one attached hydrogen (secondary N) is 1. The number of hydrogen-bond acceptors (Lipinski definition) is 6. The molecule has 0 fully saturated rings. The number of nitrogens with zero attached hydrogens (tertiary/aromatic N) is 3. The molecule has 7 nitrogen and oxygen atoms in total. The van der Waals surface area contributed by atoms with Crippen molar-refractivity contribution >= 4 is 5.82 Å². The highest BCUT2D eigenvalue weighted by Crippen LogP contribution is 2.26. The van der Waals surface area contributed by atoms with Crippen LogP contribution in [0.4, 0.5) is 5.82 Å². The molecule has 0 unspecified atom stereocenters. The van der Waals surface area contributed by atoms with Gasteiger partial charge in [0.15, 0.2) is 5.82 Å². The van der Waals surface area contributed by atoms with Crippen molar-refractivity contribution in [2.24, 2.45) is 0 Å². The molecule has 0 saturated heterocycles. The van der Waals surface area contributed by atoms with Gasteiger partial charge in [-0.15, -0.1) is 0 Å². The Kier molecular flexibility index (Phi) is 4.15. The molecule has 4 rings (SSSR count). The lowest BCUT2D eigenvalue weighted by atomic mass is 10.1. The van der Waals surface area contributed by atoms with Crippen molar-refractivity contribution in [2.45, 2.75) is 19.6 Å². The fourth-order valence-corrected chi connectivity index (χ4v) is 2.94. The van der Waals surface area contributed by atoms with Crippen molar-refractivity contribution in [3.63, 3.8) is 0 Å². The van der Waals surface area contributed by atoms with Crippen LogP contribution in [0, 0.1) is 0 Å². The van der Waals surface area contributed by atoms with E-state index >= 15 is 0 Å². The predicted octanol–water partition coefficient (Wildman–Crippen LogP) is 2.78. The molecule has 0 amide bonds. The smallest absolute Gasteiger partial charge is 0.151 e. The summed E-state index contributed by atoms with van der Waals surface area (Å²) in [6, 6.07) is 9.89. The summed E-state index contributed by atoms with van der Waals surface area (Å²) in [6.07, 6.45) is 0.788. The molecule has 1 aromatic carbocycles. The zero-order valence-electron chi connectivity index (χ0n) is 14.3. The standard InChI is InChI=1S/C18H20N4O3/c1-22(10-16-14-11-24-8-7-17(14)25-21-16)18-9-15(19-20-18)12-3-5-13(23-2)6-4-12/h3-6,9H,7-8,10-11H2,1-2H3,(H,19,20). The fourth-order valence-electron chi connectivity index (χ4n) is 2.94. The van der Waals surface area contributed by atoms with E-state index in [2.05, 4.69) is 15.4 Å². The first-order valence-electron chi connectivity index (χ1n) is 8.19. The number of rotatable bonds is 5. The fraction of sp³-hybridized carbons (Fsp3) is 0.333. The van der Waals surface area contributed by atoms with Crippen LogP contribution in [0.1, 0.15) is 17.0 Å². The Morgan fingerprint density at radius 3 is 2.92 bits per heavy atom. The molecule has 130 valence electrons. The molecule has 1 N–H and O–H groups in total. The van der Waals surface area contributed by atoms with Crippen LogP contribution in [0.2, 0.25) is 0 Å². The Bertz CT molecular complexity index is 854. The molecule has 0 aliphatic carbocycles. The third kappa shape index (κ3) is 3.10. The van der Waals surface area contributed by atoms with E-state index in [1.165, 1.54) is 0 Å². The molecule has 1 aliphatic heterocycles. The van der Waals surface area contributed by atoms with Crippen LogP contribution in [0.3, 0.4) is 0 Å². The lowest BCUT2D eigenvalue weighted by molar-refractivity contribution is 0.102. The van der Waals surface area contributed by atoms with E-state index in [-0.39, 0.29) is 0 Å². The van der Waals surface area contributed by atoms with E-state index in [0.717, 1.165) is 46.3 Å². The van der Waals surface area contributed by atoms with E-state index in [4.69, 9.17) is 14.0 Å². The Morgan fingerprint density at radius 2 is 2.12 bits per heavy atom. The molecule has 0 spiro atoms. The van der Waals surface area contributed by atoms with Crippen molar-refractivity contribution in [3.8, 4) is 17.0 Å². The quantitative estimate of drug-likeness (QED) is 0.770. The zero-order chi connectivity index (χ0) is 17.2. The van der Waals surface area contributed by atoms with E-state index in [9.17, 15) is 0 Å². The minimum absolute atomic E-state index is 0.569. The molecule has 25 heavy (non-hydrogen) atoms. The summed E-state index contributed by atoms with van der Waals surface area (Å²) in [5, 5.41) is 11.7. The number of aromatic amines is 1. The number of methoxy groups -OCH3 is 1. The number of aromatic nitrogens is 3. The maximum atomic E-state index is 5.51. The lowest BCUT2D eigenvalue weighted by Crippen LogP contribution is -2.19. The van der Waals surface area contributed by atoms with Gasteiger partial charge in [-0.2, -0.15) is 5.10 Å². The van der Waals surface area contributed by atoms with Crippen molar-refractivity contribution in [1.29, 1.82) is 0 Å². The van der Waals surface area contributed by atoms with Gasteiger partial charge in [-0.05, 0) is 29.8 Å². The molecule has 1 aliphatic rings. The Balaban J connectivity index is 1.50. The maximum Gasteiger partial charge on any atom is 0.151 e. The summed E-state index contributed by atoms with van der Waals surface area (Å²) in [5.74, 6) is 2.62. The van der Waals surface area contributed by atoms with Gasteiger partial charge in [-0.3, -0.25) is 5.10 Å². The average molecular weight is 340 g/mol. The molecule has 0 atom stereocenters. The molecule has 3 heterocycles. The monoisotopic (exact) mass is 340 g/mol. The summed E-state index contributed by atoms with van der Waals surface area (Å²) in [6.45, 7) is 1.89. The Hall–Kier alpha value is -2.80. The van der Waals surface area contributed by atoms with Gasteiger partial charge in [0.05, 0.1) is 32.6 Å². The number of hydrogen-bond donors (Lipinski definition) is 1. The van der Waals surface area contributed by atoms with Gasteiger partial charge in [-0.25, -0.2) is 0 Å². The summed E-state index contributed by atoms with van der Waals surface area (Å²) in [4.78, 5) is 2.04. The molecular weight excluding hydrogens is 320 g/mol. The zero-order valence-corrected chi connectivity index (χ0v) is 14.3. The van der Waals surface area contributed by atoms with Gasteiger partial charge in [0.1, 0.15) is 17.2 Å². The van der Waals surface area contributed by atoms with Crippen LogP contribution in [-0.4, -0.2) is 36.1 Å². The van der Waals surface area contributed by atoms with Crippen molar-refractivity contribution in [1.82, 2.24) is 15.4 Å². The lowest BCUT2D eigenvalue weighted by Gasteiger charge is -2.16. The number of fused-ring (bicyclic) bond motifs is 1. The Morgan fingerprint density at radius 1 is 1.28 bits per heavy atom. The minimum atomic E-state index is 0.569. The van der Waals surface area contributed by atoms with Gasteiger partial charge in [0, 0.05) is 25.1 Å². The van der Waals surface area contributed by atoms with Crippen LogP contribution in [0.5, 0.6) is 5.75 Å². The second kappa shape index (κ2) is 6.60. The first-order valence-corrected chi connectivity index (χ1v) is 8.19. The first kappa shape index (κ1) is 15.7. The van der Waals surface area contributed by atoms with Crippen LogP contribution < -0.4 is 9.64 Å². The van der Waals surface area contributed by atoms with Gasteiger partial charge < -0.3 is 18.9 Å². The van der Waals surface area contributed by atoms with E-state index in [1.807, 2.05) is 42.3 Å². The predicted molar refractivity (Wildman–Crippen MR) is 92.5 cm³/mol. The van der Waals surface area contributed by atoms with Crippen LogP contribution in [0.25, 0.3) is 11.3 Å². The van der Waals surface area contributed by atoms with Gasteiger partial charge in [0.25, 0.3) is 0 Å². The van der Waals surface area contributed by atoms with Crippen LogP contribution in [-0.2, 0) is 24.3 Å². The van der Waals surface area contributed by atoms with Crippen molar-refractivity contribution in [3.05, 3.63) is 47.3 Å². The molecule has 2 aromatic heterocycles. The van der Waals surface area contributed by atoms with Gasteiger partial charge in [0.2, 0.25) is 0 Å². The second-order valence-electron chi connectivity index (χ2n) is 6.06. The van der Waals surface area contributed by atoms with E-state index in [1.54, 1.807) is 7.11 Å². The molecule has 3 aromatic rings. The molecular formula is C18H20N4O3. The normalized spacial score (nSPS) is 13.5. The molecule has 0 radical (unpaired) electrons. The number of ether oxygens (including phenoxy) is 2. The molecule has 7 heteroatoms. The highest BCUT2D eigenvalue weighted by molar-refractivity contribution is 5.63. The highest BCUT2D eigenvalue weighted by Gasteiger charge is 2.21. The van der Waals surface area contributed by atoms with Crippen molar-refractivity contribution < 1.29 is 14.0 Å². The highest BCUT2D eigenvalue weighted by atomic mass is 16.5. The Labute approximate surface area is 145 Å². The maximum absolute atomic E-state index is 5.51. The van der Waals surface area contributed by atoms with Crippen molar-refractivity contribution in [2.75, 3.05) is 25.7 Å². The summed E-state index contributed by atoms with van der Waals surface area (Å²) in [7, 11) is 3.64.